The van der Waals surface area contributed by atoms with Crippen LogP contribution in [0.4, 0.5) is 13.2 Å². The largest absolute Gasteiger partial charge is 0.482 e. The third-order valence-corrected chi connectivity index (χ3v) is 7.68. The van der Waals surface area contributed by atoms with E-state index in [0.717, 1.165) is 70.8 Å². The highest BCUT2D eigenvalue weighted by atomic mass is 19.4. The van der Waals surface area contributed by atoms with E-state index >= 15 is 0 Å². The molecule has 4 atom stereocenters. The smallest absolute Gasteiger partial charge is 0.427 e. The fraction of sp³-hybridized carbons (Fsp3) is 0.741. The van der Waals surface area contributed by atoms with Crippen LogP contribution in [0.25, 0.3) is 0 Å². The second-order valence-electron chi connectivity index (χ2n) is 10.6. The van der Waals surface area contributed by atoms with Gasteiger partial charge in [0.1, 0.15) is 5.75 Å². The molecule has 192 valence electrons. The third-order valence-electron chi connectivity index (χ3n) is 7.68. The van der Waals surface area contributed by atoms with Crippen LogP contribution >= 0.6 is 0 Å². The van der Waals surface area contributed by atoms with Crippen LogP contribution in [0.5, 0.6) is 5.75 Å². The molecule has 0 amide bonds. The van der Waals surface area contributed by atoms with Crippen LogP contribution in [-0.4, -0.2) is 35.6 Å². The first-order valence-corrected chi connectivity index (χ1v) is 12.7. The van der Waals surface area contributed by atoms with Crippen molar-refractivity contribution in [3.8, 4) is 5.75 Å². The highest BCUT2D eigenvalue weighted by Crippen LogP contribution is 2.48. The minimum atomic E-state index is -4.64. The maximum Gasteiger partial charge on any atom is 0.427 e. The Kier molecular flexibility index (Phi) is 8.93. The lowest BCUT2D eigenvalue weighted by Crippen LogP contribution is -2.44. The molecule has 1 aromatic rings. The van der Waals surface area contributed by atoms with Crippen molar-refractivity contribution in [3.05, 3.63) is 29.3 Å². The van der Waals surface area contributed by atoms with Gasteiger partial charge in [0.05, 0.1) is 6.10 Å². The number of halogens is 3. The molecule has 2 aliphatic rings. The highest BCUT2D eigenvalue weighted by molar-refractivity contribution is 5.71. The number of ether oxygens (including phenoxy) is 2. The van der Waals surface area contributed by atoms with E-state index < -0.39 is 24.4 Å². The number of alkyl halides is 3. The Labute approximate surface area is 201 Å². The zero-order valence-corrected chi connectivity index (χ0v) is 20.6. The van der Waals surface area contributed by atoms with E-state index in [1.165, 1.54) is 18.4 Å². The second-order valence-corrected chi connectivity index (χ2v) is 10.6. The van der Waals surface area contributed by atoms with Crippen molar-refractivity contribution < 1.29 is 32.5 Å². The number of esters is 1. The third kappa shape index (κ3) is 6.67. The molecule has 1 aromatic carbocycles. The Morgan fingerprint density at radius 3 is 2.62 bits per heavy atom. The van der Waals surface area contributed by atoms with Gasteiger partial charge >= 0.3 is 12.1 Å². The molecule has 0 bridgehead atoms. The summed E-state index contributed by atoms with van der Waals surface area (Å²) in [4.78, 5) is 12.0. The number of carbonyl (C=O) groups is 1. The summed E-state index contributed by atoms with van der Waals surface area (Å²) in [5, 5.41) is 10.3. The van der Waals surface area contributed by atoms with E-state index in [2.05, 4.69) is 17.7 Å². The fourth-order valence-corrected chi connectivity index (χ4v) is 5.56. The van der Waals surface area contributed by atoms with Gasteiger partial charge < -0.3 is 14.6 Å². The van der Waals surface area contributed by atoms with Gasteiger partial charge in [0, 0.05) is 0 Å². The first-order valence-electron chi connectivity index (χ1n) is 12.7. The maximum atomic E-state index is 13.0. The first-order chi connectivity index (χ1) is 16.0. The Bertz CT molecular complexity index is 821. The molecule has 1 saturated carbocycles. The minimum Gasteiger partial charge on any atom is -0.482 e. The standard InChI is InChI=1S/C27H39F3O4/c1-4-5-6-9-21(31)14-13-18-11-12-20-16-23-19(15-22(18)20)8-7-10-24(23)33-17-25(32)34-26(2,3)27(28,29)30/h7-8,10,18,20-22,31H,4-6,9,11-17H2,1-3H3. The fourth-order valence-electron chi connectivity index (χ4n) is 5.56. The van der Waals surface area contributed by atoms with E-state index in [1.807, 2.05) is 6.07 Å². The molecule has 0 aromatic heterocycles. The SMILES string of the molecule is CCCCCC(O)CCC1CCC2Cc3c(cccc3OCC(=O)OC(C)(C)C(F)(F)F)CC12. The lowest BCUT2D eigenvalue weighted by molar-refractivity contribution is -0.257. The predicted molar refractivity (Wildman–Crippen MR) is 125 cm³/mol. The van der Waals surface area contributed by atoms with E-state index in [9.17, 15) is 23.1 Å². The van der Waals surface area contributed by atoms with Crippen LogP contribution in [0.15, 0.2) is 18.2 Å². The molecule has 0 radical (unpaired) electrons. The van der Waals surface area contributed by atoms with Crippen LogP contribution < -0.4 is 4.74 Å². The van der Waals surface area contributed by atoms with E-state index in [0.29, 0.717) is 23.5 Å². The summed E-state index contributed by atoms with van der Waals surface area (Å²) in [6.07, 6.45) is 5.49. The number of fused-ring (bicyclic) bond motifs is 2. The summed E-state index contributed by atoms with van der Waals surface area (Å²) in [7, 11) is 0. The topological polar surface area (TPSA) is 55.8 Å². The Morgan fingerprint density at radius 2 is 1.91 bits per heavy atom. The Morgan fingerprint density at radius 1 is 1.15 bits per heavy atom. The van der Waals surface area contributed by atoms with Crippen molar-refractivity contribution in [3.63, 3.8) is 0 Å². The molecule has 0 saturated heterocycles. The summed E-state index contributed by atoms with van der Waals surface area (Å²) < 4.78 is 49.2. The van der Waals surface area contributed by atoms with Gasteiger partial charge in [0.25, 0.3) is 0 Å². The van der Waals surface area contributed by atoms with Crippen LogP contribution in [-0.2, 0) is 22.4 Å². The summed E-state index contributed by atoms with van der Waals surface area (Å²) in [6, 6.07) is 5.74. The maximum absolute atomic E-state index is 13.0. The van der Waals surface area contributed by atoms with Gasteiger partial charge in [-0.1, -0.05) is 38.3 Å². The molecule has 34 heavy (non-hydrogen) atoms. The monoisotopic (exact) mass is 484 g/mol. The number of unbranched alkanes of at least 4 members (excludes halogenated alkanes) is 2. The molecule has 2 aliphatic carbocycles. The van der Waals surface area contributed by atoms with E-state index in [-0.39, 0.29) is 6.10 Å². The molecule has 3 rings (SSSR count). The second kappa shape index (κ2) is 11.3. The van der Waals surface area contributed by atoms with E-state index in [4.69, 9.17) is 4.74 Å². The summed E-state index contributed by atoms with van der Waals surface area (Å²) in [5.74, 6) is 1.27. The van der Waals surface area contributed by atoms with Crippen molar-refractivity contribution in [2.24, 2.45) is 17.8 Å². The van der Waals surface area contributed by atoms with Crippen molar-refractivity contribution in [2.75, 3.05) is 6.61 Å². The normalized spacial score (nSPS) is 23.2. The number of benzene rings is 1. The molecule has 0 aliphatic heterocycles. The van der Waals surface area contributed by atoms with Gasteiger partial charge in [-0.05, 0) is 93.7 Å². The molecule has 1 N–H and O–H groups in total. The average molecular weight is 485 g/mol. The van der Waals surface area contributed by atoms with Crippen LogP contribution in [0, 0.1) is 17.8 Å². The quantitative estimate of drug-likeness (QED) is 0.291. The molecular weight excluding hydrogens is 445 g/mol. The number of hydrogen-bond acceptors (Lipinski definition) is 4. The van der Waals surface area contributed by atoms with Gasteiger partial charge in [-0.3, -0.25) is 0 Å². The minimum absolute atomic E-state index is 0.205. The van der Waals surface area contributed by atoms with Gasteiger partial charge in [0.2, 0.25) is 5.60 Å². The lowest BCUT2D eigenvalue weighted by Gasteiger charge is -2.32. The zero-order chi connectivity index (χ0) is 24.9. The van der Waals surface area contributed by atoms with Crippen LogP contribution in [0.1, 0.15) is 83.3 Å². The number of aliphatic hydroxyl groups excluding tert-OH is 1. The molecule has 0 spiro atoms. The molecule has 7 heteroatoms. The summed E-state index contributed by atoms with van der Waals surface area (Å²) in [6.45, 7) is 3.28. The molecular formula is C27H39F3O4. The lowest BCUT2D eigenvalue weighted by atomic mass is 9.73. The van der Waals surface area contributed by atoms with Gasteiger partial charge in [0.15, 0.2) is 6.61 Å². The van der Waals surface area contributed by atoms with Crippen molar-refractivity contribution in [2.45, 2.75) is 103 Å². The van der Waals surface area contributed by atoms with Gasteiger partial charge in [-0.2, -0.15) is 13.2 Å². The van der Waals surface area contributed by atoms with Crippen molar-refractivity contribution >= 4 is 5.97 Å². The number of hydrogen-bond donors (Lipinski definition) is 1. The summed E-state index contributed by atoms with van der Waals surface area (Å²) >= 11 is 0. The molecule has 1 fully saturated rings. The molecule has 0 heterocycles. The van der Waals surface area contributed by atoms with Crippen LogP contribution in [0.3, 0.4) is 0 Å². The molecule has 4 unspecified atom stereocenters. The van der Waals surface area contributed by atoms with Crippen molar-refractivity contribution in [1.29, 1.82) is 0 Å². The predicted octanol–water partition coefficient (Wildman–Crippen LogP) is 6.41. The van der Waals surface area contributed by atoms with Crippen LogP contribution in [0.2, 0.25) is 0 Å². The molecule has 4 nitrogen and oxygen atoms in total. The number of carbonyl (C=O) groups excluding carboxylic acids is 1. The summed E-state index contributed by atoms with van der Waals surface area (Å²) in [5.41, 5.74) is -0.302. The van der Waals surface area contributed by atoms with E-state index in [1.54, 1.807) is 6.07 Å². The van der Waals surface area contributed by atoms with Crippen molar-refractivity contribution in [1.82, 2.24) is 0 Å². The van der Waals surface area contributed by atoms with Gasteiger partial charge in [-0.25, -0.2) is 4.79 Å². The number of rotatable bonds is 11. The highest BCUT2D eigenvalue weighted by Gasteiger charge is 2.51. The zero-order valence-electron chi connectivity index (χ0n) is 20.6. The first kappa shape index (κ1) is 26.8. The Hall–Kier alpha value is -1.76. The average Bonchev–Trinajstić information content (AvgIpc) is 3.15. The van der Waals surface area contributed by atoms with Gasteiger partial charge in [-0.15, -0.1) is 0 Å². The number of aliphatic hydroxyl groups is 1. The Balaban J connectivity index is 1.56.